The molecular weight excluding hydrogens is 248 g/mol. The molecule has 1 N–H and O–H groups in total. The molecule has 6 heteroatoms. The van der Waals surface area contributed by atoms with Gasteiger partial charge in [0.05, 0.1) is 6.61 Å². The lowest BCUT2D eigenvalue weighted by Gasteiger charge is -2.30. The van der Waals surface area contributed by atoms with Crippen LogP contribution in [0.15, 0.2) is 12.7 Å². The number of carboxylic acid groups (broad SMARTS) is 1. The van der Waals surface area contributed by atoms with E-state index in [9.17, 15) is 9.59 Å². The zero-order valence-corrected chi connectivity index (χ0v) is 12.0. The van der Waals surface area contributed by atoms with Crippen molar-refractivity contribution in [1.29, 1.82) is 0 Å². The van der Waals surface area contributed by atoms with Crippen LogP contribution in [0.3, 0.4) is 0 Å². The molecule has 0 unspecified atom stereocenters. The van der Waals surface area contributed by atoms with Crippen molar-refractivity contribution in [2.24, 2.45) is 5.92 Å². The predicted octanol–water partition coefficient (Wildman–Crippen LogP) is 1.28. The summed E-state index contributed by atoms with van der Waals surface area (Å²) in [4.78, 5) is 25.9. The highest BCUT2D eigenvalue weighted by atomic mass is 16.5. The SMILES string of the molecule is C=CCN(CC(=O)O)C(=O)N(CCOC)CC(C)C. The van der Waals surface area contributed by atoms with Crippen molar-refractivity contribution in [1.82, 2.24) is 9.80 Å². The van der Waals surface area contributed by atoms with Crippen LogP contribution < -0.4 is 0 Å². The lowest BCUT2D eigenvalue weighted by Crippen LogP contribution is -2.47. The third-order valence-corrected chi connectivity index (χ3v) is 2.37. The first kappa shape index (κ1) is 17.4. The molecule has 19 heavy (non-hydrogen) atoms. The number of aliphatic carboxylic acids is 1. The quantitative estimate of drug-likeness (QED) is 0.642. The van der Waals surface area contributed by atoms with E-state index in [0.717, 1.165) is 0 Å². The number of rotatable bonds is 9. The molecule has 0 heterocycles. The lowest BCUT2D eigenvalue weighted by atomic mass is 10.2. The molecular formula is C13H24N2O4. The summed E-state index contributed by atoms with van der Waals surface area (Å²) in [6.07, 6.45) is 1.52. The van der Waals surface area contributed by atoms with Crippen molar-refractivity contribution in [3.05, 3.63) is 12.7 Å². The van der Waals surface area contributed by atoms with Crippen LogP contribution >= 0.6 is 0 Å². The molecule has 0 bridgehead atoms. The van der Waals surface area contributed by atoms with Gasteiger partial charge in [0.2, 0.25) is 0 Å². The van der Waals surface area contributed by atoms with E-state index < -0.39 is 5.97 Å². The summed E-state index contributed by atoms with van der Waals surface area (Å²) < 4.78 is 4.98. The maximum Gasteiger partial charge on any atom is 0.323 e. The van der Waals surface area contributed by atoms with Crippen molar-refractivity contribution in [2.75, 3.05) is 39.9 Å². The molecule has 110 valence electrons. The molecule has 0 saturated heterocycles. The van der Waals surface area contributed by atoms with Gasteiger partial charge in [-0.05, 0) is 5.92 Å². The van der Waals surface area contributed by atoms with Crippen LogP contribution in [0.25, 0.3) is 0 Å². The Morgan fingerprint density at radius 3 is 2.42 bits per heavy atom. The molecule has 0 atom stereocenters. The number of nitrogens with zero attached hydrogens (tertiary/aromatic N) is 2. The molecule has 0 radical (unpaired) electrons. The second kappa shape index (κ2) is 9.38. The van der Waals surface area contributed by atoms with Crippen molar-refractivity contribution in [2.45, 2.75) is 13.8 Å². The van der Waals surface area contributed by atoms with Crippen LogP contribution in [0.5, 0.6) is 0 Å². The van der Waals surface area contributed by atoms with E-state index in [0.29, 0.717) is 25.6 Å². The Morgan fingerprint density at radius 2 is 2.00 bits per heavy atom. The average molecular weight is 272 g/mol. The Hall–Kier alpha value is -1.56. The molecule has 0 aliphatic heterocycles. The fourth-order valence-electron chi connectivity index (χ4n) is 1.64. The van der Waals surface area contributed by atoms with E-state index >= 15 is 0 Å². The van der Waals surface area contributed by atoms with Gasteiger partial charge < -0.3 is 19.6 Å². The number of carbonyl (C=O) groups excluding carboxylic acids is 1. The van der Waals surface area contributed by atoms with Crippen LogP contribution in [0, 0.1) is 5.92 Å². The van der Waals surface area contributed by atoms with Gasteiger partial charge in [-0.25, -0.2) is 4.79 Å². The van der Waals surface area contributed by atoms with Crippen molar-refractivity contribution >= 4 is 12.0 Å². The highest BCUT2D eigenvalue weighted by molar-refractivity contribution is 5.80. The lowest BCUT2D eigenvalue weighted by molar-refractivity contribution is -0.137. The van der Waals surface area contributed by atoms with Gasteiger partial charge in [0.15, 0.2) is 0 Å². The third kappa shape index (κ3) is 7.46. The highest BCUT2D eigenvalue weighted by Gasteiger charge is 2.22. The maximum atomic E-state index is 12.3. The minimum Gasteiger partial charge on any atom is -0.480 e. The molecule has 6 nitrogen and oxygen atoms in total. The predicted molar refractivity (Wildman–Crippen MR) is 73.1 cm³/mol. The zero-order valence-electron chi connectivity index (χ0n) is 12.0. The van der Waals surface area contributed by atoms with E-state index in [1.807, 2.05) is 13.8 Å². The summed E-state index contributed by atoms with van der Waals surface area (Å²) in [6, 6.07) is -0.298. The third-order valence-electron chi connectivity index (χ3n) is 2.37. The van der Waals surface area contributed by atoms with Gasteiger partial charge in [-0.3, -0.25) is 4.79 Å². The number of carboxylic acids is 1. The van der Waals surface area contributed by atoms with Gasteiger partial charge in [0.1, 0.15) is 6.54 Å². The number of carbonyl (C=O) groups is 2. The van der Waals surface area contributed by atoms with E-state index in [1.165, 1.54) is 11.0 Å². The first-order valence-corrected chi connectivity index (χ1v) is 6.27. The number of hydrogen-bond donors (Lipinski definition) is 1. The number of urea groups is 1. The highest BCUT2D eigenvalue weighted by Crippen LogP contribution is 2.04. The van der Waals surface area contributed by atoms with Crippen LogP contribution in [0.2, 0.25) is 0 Å². The van der Waals surface area contributed by atoms with Crippen LogP contribution in [0.4, 0.5) is 4.79 Å². The van der Waals surface area contributed by atoms with Gasteiger partial charge in [-0.2, -0.15) is 0 Å². The smallest absolute Gasteiger partial charge is 0.323 e. The summed E-state index contributed by atoms with van der Waals surface area (Å²) in [5.74, 6) is -0.734. The van der Waals surface area contributed by atoms with Gasteiger partial charge in [0.25, 0.3) is 0 Å². The monoisotopic (exact) mass is 272 g/mol. The molecule has 0 saturated carbocycles. The molecule has 0 aliphatic carbocycles. The fraction of sp³-hybridized carbons (Fsp3) is 0.692. The van der Waals surface area contributed by atoms with Gasteiger partial charge in [-0.15, -0.1) is 6.58 Å². The molecule has 0 aliphatic rings. The molecule has 0 spiro atoms. The van der Waals surface area contributed by atoms with Crippen LogP contribution in [-0.4, -0.2) is 66.8 Å². The van der Waals surface area contributed by atoms with E-state index in [4.69, 9.17) is 9.84 Å². The van der Waals surface area contributed by atoms with Gasteiger partial charge in [0, 0.05) is 26.7 Å². The molecule has 0 fully saturated rings. The Balaban J connectivity index is 4.77. The van der Waals surface area contributed by atoms with Crippen LogP contribution in [-0.2, 0) is 9.53 Å². The van der Waals surface area contributed by atoms with Gasteiger partial charge in [-0.1, -0.05) is 19.9 Å². The Kier molecular flexibility index (Phi) is 8.61. The van der Waals surface area contributed by atoms with E-state index in [2.05, 4.69) is 6.58 Å². The number of hydrogen-bond acceptors (Lipinski definition) is 3. The summed E-state index contributed by atoms with van der Waals surface area (Å²) in [5, 5.41) is 8.83. The topological polar surface area (TPSA) is 70.1 Å². The fourth-order valence-corrected chi connectivity index (χ4v) is 1.64. The first-order chi connectivity index (χ1) is 8.92. The minimum atomic E-state index is -1.04. The standard InChI is InChI=1S/C13H24N2O4/c1-5-6-14(10-12(16)17)13(18)15(7-8-19-4)9-11(2)3/h5,11H,1,6-10H2,2-4H3,(H,16,17). The summed E-state index contributed by atoms with van der Waals surface area (Å²) in [5.41, 5.74) is 0. The van der Waals surface area contributed by atoms with Crippen molar-refractivity contribution in [3.63, 3.8) is 0 Å². The molecule has 0 rings (SSSR count). The number of amides is 2. The molecule has 2 amide bonds. The number of ether oxygens (including phenoxy) is 1. The average Bonchev–Trinajstić information content (AvgIpc) is 2.32. The Bertz CT molecular complexity index is 305. The molecule has 0 aromatic rings. The molecule has 0 aromatic heterocycles. The summed E-state index contributed by atoms with van der Waals surface area (Å²) in [6.45, 7) is 8.87. The summed E-state index contributed by atoms with van der Waals surface area (Å²) in [7, 11) is 1.57. The van der Waals surface area contributed by atoms with Gasteiger partial charge >= 0.3 is 12.0 Å². The molecule has 0 aromatic carbocycles. The first-order valence-electron chi connectivity index (χ1n) is 6.27. The van der Waals surface area contributed by atoms with E-state index in [1.54, 1.807) is 12.0 Å². The summed E-state index contributed by atoms with van der Waals surface area (Å²) >= 11 is 0. The van der Waals surface area contributed by atoms with Crippen molar-refractivity contribution in [3.8, 4) is 0 Å². The largest absolute Gasteiger partial charge is 0.480 e. The normalized spacial score (nSPS) is 10.3. The minimum absolute atomic E-state index is 0.215. The zero-order chi connectivity index (χ0) is 14.8. The Labute approximate surface area is 114 Å². The van der Waals surface area contributed by atoms with E-state index in [-0.39, 0.29) is 19.1 Å². The van der Waals surface area contributed by atoms with Crippen molar-refractivity contribution < 1.29 is 19.4 Å². The Morgan fingerprint density at radius 1 is 1.37 bits per heavy atom. The second-order valence-corrected chi connectivity index (χ2v) is 4.68. The number of methoxy groups -OCH3 is 1. The van der Waals surface area contributed by atoms with Crippen LogP contribution in [0.1, 0.15) is 13.8 Å². The second-order valence-electron chi connectivity index (χ2n) is 4.68. The maximum absolute atomic E-state index is 12.3.